The zero-order chi connectivity index (χ0) is 13.0. The summed E-state index contributed by atoms with van der Waals surface area (Å²) in [6.45, 7) is 1.55. The standard InChI is InChI=1S/C8H15F4NO2S/c1-3-16(14,15)4-6(2)13-5-8(11,12)7(9)10/h6-7,13H,3-5H2,1-2H3. The molecule has 0 amide bonds. The van der Waals surface area contributed by atoms with E-state index in [1.54, 1.807) is 0 Å². The highest BCUT2D eigenvalue weighted by molar-refractivity contribution is 7.91. The van der Waals surface area contributed by atoms with Crippen molar-refractivity contribution < 1.29 is 26.0 Å². The van der Waals surface area contributed by atoms with Crippen LogP contribution in [0.5, 0.6) is 0 Å². The van der Waals surface area contributed by atoms with Gasteiger partial charge in [0.05, 0.1) is 12.3 Å². The summed E-state index contributed by atoms with van der Waals surface area (Å²) in [5.74, 6) is -4.59. The van der Waals surface area contributed by atoms with Gasteiger partial charge in [-0.2, -0.15) is 8.78 Å². The van der Waals surface area contributed by atoms with Gasteiger partial charge in [0.15, 0.2) is 9.84 Å². The van der Waals surface area contributed by atoms with Gasteiger partial charge in [-0.15, -0.1) is 0 Å². The lowest BCUT2D eigenvalue weighted by Crippen LogP contribution is -2.44. The highest BCUT2D eigenvalue weighted by atomic mass is 32.2. The molecular formula is C8H15F4NO2S. The molecule has 0 aromatic heterocycles. The van der Waals surface area contributed by atoms with Crippen molar-refractivity contribution in [1.82, 2.24) is 5.32 Å². The van der Waals surface area contributed by atoms with E-state index in [0.29, 0.717) is 0 Å². The first-order valence-corrected chi connectivity index (χ1v) is 6.52. The third-order valence-corrected chi connectivity index (χ3v) is 3.84. The molecule has 98 valence electrons. The van der Waals surface area contributed by atoms with Crippen LogP contribution in [0.3, 0.4) is 0 Å². The maximum atomic E-state index is 12.5. The Labute approximate surface area is 92.1 Å². The van der Waals surface area contributed by atoms with E-state index in [2.05, 4.69) is 5.32 Å². The predicted octanol–water partition coefficient (Wildman–Crippen LogP) is 1.30. The monoisotopic (exact) mass is 265 g/mol. The molecule has 1 N–H and O–H groups in total. The Hall–Kier alpha value is -0.370. The number of sulfone groups is 1. The van der Waals surface area contributed by atoms with Crippen molar-refractivity contribution in [3.63, 3.8) is 0 Å². The van der Waals surface area contributed by atoms with Gasteiger partial charge >= 0.3 is 12.3 Å². The van der Waals surface area contributed by atoms with Crippen molar-refractivity contribution in [2.75, 3.05) is 18.1 Å². The van der Waals surface area contributed by atoms with Crippen molar-refractivity contribution in [1.29, 1.82) is 0 Å². The number of nitrogens with one attached hydrogen (secondary N) is 1. The number of hydrogen-bond donors (Lipinski definition) is 1. The van der Waals surface area contributed by atoms with Crippen LogP contribution in [0.2, 0.25) is 0 Å². The Morgan fingerprint density at radius 1 is 1.31 bits per heavy atom. The molecular weight excluding hydrogens is 250 g/mol. The van der Waals surface area contributed by atoms with Gasteiger partial charge in [0.25, 0.3) is 0 Å². The molecule has 0 aromatic carbocycles. The summed E-state index contributed by atoms with van der Waals surface area (Å²) in [5, 5.41) is 2.09. The quantitative estimate of drug-likeness (QED) is 0.706. The van der Waals surface area contributed by atoms with Crippen LogP contribution < -0.4 is 5.32 Å². The third kappa shape index (κ3) is 5.64. The fraction of sp³-hybridized carbons (Fsp3) is 1.00. The topological polar surface area (TPSA) is 46.2 Å². The molecule has 16 heavy (non-hydrogen) atoms. The SMILES string of the molecule is CCS(=O)(=O)CC(C)NCC(F)(F)C(F)F. The molecule has 0 spiro atoms. The maximum Gasteiger partial charge on any atom is 0.319 e. The van der Waals surface area contributed by atoms with Crippen molar-refractivity contribution in [3.05, 3.63) is 0 Å². The van der Waals surface area contributed by atoms with Gasteiger partial charge in [-0.05, 0) is 6.92 Å². The van der Waals surface area contributed by atoms with E-state index in [0.717, 1.165) is 0 Å². The average Bonchev–Trinajstić information content (AvgIpc) is 2.14. The Morgan fingerprint density at radius 2 is 1.81 bits per heavy atom. The fourth-order valence-electron chi connectivity index (χ4n) is 0.945. The lowest BCUT2D eigenvalue weighted by Gasteiger charge is -2.19. The summed E-state index contributed by atoms with van der Waals surface area (Å²) in [6, 6.07) is -0.783. The molecule has 0 heterocycles. The van der Waals surface area contributed by atoms with E-state index >= 15 is 0 Å². The molecule has 8 heteroatoms. The van der Waals surface area contributed by atoms with E-state index in [1.807, 2.05) is 0 Å². The minimum atomic E-state index is -4.13. The highest BCUT2D eigenvalue weighted by Crippen LogP contribution is 2.21. The predicted molar refractivity (Wildman–Crippen MR) is 52.7 cm³/mol. The molecule has 0 aliphatic heterocycles. The Bertz CT molecular complexity index is 305. The van der Waals surface area contributed by atoms with Crippen LogP contribution >= 0.6 is 0 Å². The Balaban J connectivity index is 4.14. The summed E-state index contributed by atoms with van der Waals surface area (Å²) >= 11 is 0. The lowest BCUT2D eigenvalue weighted by atomic mass is 10.3. The summed E-state index contributed by atoms with van der Waals surface area (Å²) in [4.78, 5) is 0. The zero-order valence-corrected chi connectivity index (χ0v) is 9.83. The van der Waals surface area contributed by atoms with Crippen molar-refractivity contribution >= 4 is 9.84 Å². The Morgan fingerprint density at radius 3 is 2.19 bits per heavy atom. The van der Waals surface area contributed by atoms with Crippen LogP contribution in [-0.4, -0.2) is 44.9 Å². The summed E-state index contributed by atoms with van der Waals surface area (Å²) in [6.07, 6.45) is -3.75. The molecule has 0 aliphatic carbocycles. The normalized spacial score (nSPS) is 15.4. The smallest absolute Gasteiger partial charge is 0.307 e. The summed E-state index contributed by atoms with van der Waals surface area (Å²) in [7, 11) is -3.30. The van der Waals surface area contributed by atoms with Crippen molar-refractivity contribution in [2.24, 2.45) is 0 Å². The van der Waals surface area contributed by atoms with Gasteiger partial charge in [-0.25, -0.2) is 17.2 Å². The van der Waals surface area contributed by atoms with Crippen LogP contribution in [-0.2, 0) is 9.84 Å². The molecule has 0 saturated heterocycles. The second-order valence-corrected chi connectivity index (χ2v) is 5.94. The average molecular weight is 265 g/mol. The Kier molecular flexibility index (Phi) is 5.67. The van der Waals surface area contributed by atoms with Crippen LogP contribution in [0.1, 0.15) is 13.8 Å². The van der Waals surface area contributed by atoms with E-state index in [1.165, 1.54) is 13.8 Å². The lowest BCUT2D eigenvalue weighted by molar-refractivity contribution is -0.125. The van der Waals surface area contributed by atoms with Crippen LogP contribution in [0.4, 0.5) is 17.6 Å². The molecule has 1 unspecified atom stereocenters. The minimum Gasteiger partial charge on any atom is -0.307 e. The van der Waals surface area contributed by atoms with E-state index in [4.69, 9.17) is 0 Å². The largest absolute Gasteiger partial charge is 0.319 e. The molecule has 0 rings (SSSR count). The fourth-order valence-corrected chi connectivity index (χ4v) is 2.06. The highest BCUT2D eigenvalue weighted by Gasteiger charge is 2.40. The zero-order valence-electron chi connectivity index (χ0n) is 9.01. The van der Waals surface area contributed by atoms with Crippen LogP contribution in [0.25, 0.3) is 0 Å². The van der Waals surface area contributed by atoms with Gasteiger partial charge in [-0.3, -0.25) is 0 Å². The summed E-state index contributed by atoms with van der Waals surface area (Å²) in [5.41, 5.74) is 0. The third-order valence-electron chi connectivity index (χ3n) is 1.95. The van der Waals surface area contributed by atoms with Crippen molar-refractivity contribution in [3.8, 4) is 0 Å². The molecule has 3 nitrogen and oxygen atoms in total. The van der Waals surface area contributed by atoms with Gasteiger partial charge in [0.1, 0.15) is 0 Å². The summed E-state index contributed by atoms with van der Waals surface area (Å²) < 4.78 is 70.6. The van der Waals surface area contributed by atoms with Gasteiger partial charge < -0.3 is 5.32 Å². The van der Waals surface area contributed by atoms with Crippen LogP contribution in [0.15, 0.2) is 0 Å². The molecule has 1 atom stereocenters. The van der Waals surface area contributed by atoms with Crippen LogP contribution in [0, 0.1) is 0 Å². The molecule has 0 saturated carbocycles. The first-order valence-electron chi connectivity index (χ1n) is 4.70. The van der Waals surface area contributed by atoms with E-state index < -0.39 is 34.8 Å². The second kappa shape index (κ2) is 5.81. The number of alkyl halides is 4. The number of hydrogen-bond acceptors (Lipinski definition) is 3. The molecule has 0 fully saturated rings. The maximum absolute atomic E-state index is 12.5. The van der Waals surface area contributed by atoms with Gasteiger partial charge in [0, 0.05) is 11.8 Å². The van der Waals surface area contributed by atoms with Crippen molar-refractivity contribution in [2.45, 2.75) is 32.2 Å². The molecule has 0 bridgehead atoms. The minimum absolute atomic E-state index is 0.107. The van der Waals surface area contributed by atoms with Gasteiger partial charge in [-0.1, -0.05) is 6.92 Å². The number of rotatable bonds is 7. The number of halogens is 4. The first-order chi connectivity index (χ1) is 7.10. The van der Waals surface area contributed by atoms with Gasteiger partial charge in [0.2, 0.25) is 0 Å². The van der Waals surface area contributed by atoms with E-state index in [-0.39, 0.29) is 11.5 Å². The molecule has 0 radical (unpaired) electrons. The molecule has 0 aliphatic rings. The first kappa shape index (κ1) is 15.6. The second-order valence-electron chi connectivity index (χ2n) is 3.54. The molecule has 0 aromatic rings. The van der Waals surface area contributed by atoms with E-state index in [9.17, 15) is 26.0 Å².